The first kappa shape index (κ1) is 17.5. The Morgan fingerprint density at radius 2 is 1.91 bits per heavy atom. The lowest BCUT2D eigenvalue weighted by molar-refractivity contribution is -0.118. The van der Waals surface area contributed by atoms with E-state index in [9.17, 15) is 14.7 Å². The molecule has 2 amide bonds. The Morgan fingerprint density at radius 3 is 2.65 bits per heavy atom. The number of anilines is 1. The Morgan fingerprint density at radius 1 is 1.17 bits per heavy atom. The van der Waals surface area contributed by atoms with Gasteiger partial charge in [0.25, 0.3) is 0 Å². The van der Waals surface area contributed by atoms with E-state index in [0.717, 1.165) is 61.8 Å². The number of aliphatic hydroxyl groups is 1. The fourth-order valence-corrected chi connectivity index (χ4v) is 3.03. The van der Waals surface area contributed by atoms with Crippen molar-refractivity contribution in [3.63, 3.8) is 0 Å². The Balaban J connectivity index is 1.72. The van der Waals surface area contributed by atoms with Crippen molar-refractivity contribution in [1.82, 2.24) is 0 Å². The number of nitrogens with one attached hydrogen (secondary N) is 1. The van der Waals surface area contributed by atoms with Crippen LogP contribution < -0.4 is 11.1 Å². The maximum Gasteiger partial charge on any atom is 0.224 e. The number of carbonyl (C=O) groups is 2. The topological polar surface area (TPSA) is 92.4 Å². The van der Waals surface area contributed by atoms with Crippen molar-refractivity contribution in [3.8, 4) is 0 Å². The highest BCUT2D eigenvalue weighted by atomic mass is 16.3. The first-order chi connectivity index (χ1) is 11.1. The smallest absolute Gasteiger partial charge is 0.224 e. The molecule has 1 aliphatic rings. The van der Waals surface area contributed by atoms with Crippen LogP contribution >= 0.6 is 0 Å². The van der Waals surface area contributed by atoms with Crippen molar-refractivity contribution in [1.29, 1.82) is 0 Å². The van der Waals surface area contributed by atoms with Crippen LogP contribution in [0.2, 0.25) is 0 Å². The zero-order chi connectivity index (χ0) is 16.7. The number of primary amides is 1. The summed E-state index contributed by atoms with van der Waals surface area (Å²) in [5, 5.41) is 12.9. The van der Waals surface area contributed by atoms with Crippen LogP contribution in [0.3, 0.4) is 0 Å². The van der Waals surface area contributed by atoms with Gasteiger partial charge in [0.05, 0.1) is 6.10 Å². The van der Waals surface area contributed by atoms with E-state index < -0.39 is 0 Å². The second kappa shape index (κ2) is 8.67. The maximum atomic E-state index is 12.0. The molecule has 1 unspecified atom stereocenters. The van der Waals surface area contributed by atoms with Gasteiger partial charge >= 0.3 is 0 Å². The summed E-state index contributed by atoms with van der Waals surface area (Å²) in [7, 11) is 0. The summed E-state index contributed by atoms with van der Waals surface area (Å²) in [6.07, 6.45) is 6.75. The third-order valence-electron chi connectivity index (χ3n) is 4.29. The van der Waals surface area contributed by atoms with E-state index in [1.807, 2.05) is 18.2 Å². The lowest BCUT2D eigenvalue weighted by Crippen LogP contribution is -2.13. The van der Waals surface area contributed by atoms with Gasteiger partial charge in [-0.15, -0.1) is 0 Å². The second-order valence-electron chi connectivity index (χ2n) is 6.25. The fourth-order valence-electron chi connectivity index (χ4n) is 3.03. The molecule has 0 aliphatic heterocycles. The van der Waals surface area contributed by atoms with Gasteiger partial charge in [-0.25, -0.2) is 0 Å². The SMILES string of the molecule is NC(=O)CCCCCCC(=O)Nc1ccc2c(c1)CCCC2O. The molecule has 0 saturated heterocycles. The number of unbranched alkanes of at least 4 members (excludes halogenated alkanes) is 3. The van der Waals surface area contributed by atoms with Gasteiger partial charge in [-0.05, 0) is 55.4 Å². The van der Waals surface area contributed by atoms with Gasteiger partial charge in [0, 0.05) is 18.5 Å². The van der Waals surface area contributed by atoms with E-state index in [4.69, 9.17) is 5.73 Å². The Hall–Kier alpha value is -1.88. The van der Waals surface area contributed by atoms with Crippen molar-refractivity contribution in [2.75, 3.05) is 5.32 Å². The van der Waals surface area contributed by atoms with Crippen molar-refractivity contribution in [2.24, 2.45) is 5.73 Å². The van der Waals surface area contributed by atoms with E-state index in [2.05, 4.69) is 5.32 Å². The zero-order valence-corrected chi connectivity index (χ0v) is 13.5. The molecular weight excluding hydrogens is 292 g/mol. The summed E-state index contributed by atoms with van der Waals surface area (Å²) < 4.78 is 0. The molecule has 5 heteroatoms. The molecule has 5 nitrogen and oxygen atoms in total. The van der Waals surface area contributed by atoms with Crippen molar-refractivity contribution in [3.05, 3.63) is 29.3 Å². The van der Waals surface area contributed by atoms with E-state index in [1.54, 1.807) is 0 Å². The molecule has 1 aromatic carbocycles. The van der Waals surface area contributed by atoms with Crippen LogP contribution in [0.15, 0.2) is 18.2 Å². The summed E-state index contributed by atoms with van der Waals surface area (Å²) in [5.41, 5.74) is 8.00. The molecule has 0 bridgehead atoms. The van der Waals surface area contributed by atoms with Crippen LogP contribution in [-0.4, -0.2) is 16.9 Å². The summed E-state index contributed by atoms with van der Waals surface area (Å²) >= 11 is 0. The zero-order valence-electron chi connectivity index (χ0n) is 13.5. The first-order valence-corrected chi connectivity index (χ1v) is 8.45. The lowest BCUT2D eigenvalue weighted by atomic mass is 9.89. The van der Waals surface area contributed by atoms with Crippen molar-refractivity contribution >= 4 is 17.5 Å². The number of aliphatic hydroxyl groups excluding tert-OH is 1. The van der Waals surface area contributed by atoms with Crippen molar-refractivity contribution in [2.45, 2.75) is 63.9 Å². The minimum atomic E-state index is -0.371. The third kappa shape index (κ3) is 5.67. The van der Waals surface area contributed by atoms with E-state index >= 15 is 0 Å². The quantitative estimate of drug-likeness (QED) is 0.643. The Kier molecular flexibility index (Phi) is 6.59. The minimum Gasteiger partial charge on any atom is -0.388 e. The predicted molar refractivity (Wildman–Crippen MR) is 89.9 cm³/mol. The summed E-state index contributed by atoms with van der Waals surface area (Å²) in [4.78, 5) is 22.6. The molecule has 126 valence electrons. The number of aryl methyl sites for hydroxylation is 1. The lowest BCUT2D eigenvalue weighted by Gasteiger charge is -2.22. The van der Waals surface area contributed by atoms with E-state index in [0.29, 0.717) is 12.8 Å². The van der Waals surface area contributed by atoms with Crippen molar-refractivity contribution < 1.29 is 14.7 Å². The van der Waals surface area contributed by atoms with Crippen LogP contribution in [0.25, 0.3) is 0 Å². The molecule has 1 aromatic rings. The van der Waals surface area contributed by atoms with E-state index in [-0.39, 0.29) is 17.9 Å². The van der Waals surface area contributed by atoms with Gasteiger partial charge in [-0.2, -0.15) is 0 Å². The molecule has 0 radical (unpaired) electrons. The van der Waals surface area contributed by atoms with Crippen LogP contribution in [-0.2, 0) is 16.0 Å². The second-order valence-corrected chi connectivity index (χ2v) is 6.25. The van der Waals surface area contributed by atoms with Gasteiger partial charge in [-0.1, -0.05) is 18.9 Å². The van der Waals surface area contributed by atoms with Crippen LogP contribution in [0.4, 0.5) is 5.69 Å². The molecule has 0 spiro atoms. The van der Waals surface area contributed by atoms with Gasteiger partial charge in [0.15, 0.2) is 0 Å². The third-order valence-corrected chi connectivity index (χ3v) is 4.29. The Labute approximate surface area is 137 Å². The Bertz CT molecular complexity index is 557. The highest BCUT2D eigenvalue weighted by molar-refractivity contribution is 5.90. The molecule has 23 heavy (non-hydrogen) atoms. The summed E-state index contributed by atoms with van der Waals surface area (Å²) in [5.74, 6) is -0.253. The number of benzene rings is 1. The molecule has 0 fully saturated rings. The standard InChI is InChI=1S/C18H26N2O3/c19-17(22)8-3-1-2-4-9-18(23)20-14-10-11-15-13(12-14)6-5-7-16(15)21/h10-12,16,21H,1-9H2,(H2,19,22)(H,20,23). The minimum absolute atomic E-state index is 0.0104. The number of hydrogen-bond acceptors (Lipinski definition) is 3. The average molecular weight is 318 g/mol. The fraction of sp³-hybridized carbons (Fsp3) is 0.556. The summed E-state index contributed by atoms with van der Waals surface area (Å²) in [6.45, 7) is 0. The van der Waals surface area contributed by atoms with Gasteiger partial charge in [0.1, 0.15) is 0 Å². The van der Waals surface area contributed by atoms with Gasteiger partial charge < -0.3 is 16.2 Å². The van der Waals surface area contributed by atoms with Crippen LogP contribution in [0.1, 0.15) is 68.6 Å². The highest BCUT2D eigenvalue weighted by Gasteiger charge is 2.18. The van der Waals surface area contributed by atoms with Crippen LogP contribution in [0, 0.1) is 0 Å². The number of nitrogens with two attached hydrogens (primary N) is 1. The molecule has 1 aliphatic carbocycles. The number of hydrogen-bond donors (Lipinski definition) is 3. The number of amides is 2. The molecule has 2 rings (SSSR count). The molecule has 1 atom stereocenters. The van der Waals surface area contributed by atoms with Gasteiger partial charge in [-0.3, -0.25) is 9.59 Å². The van der Waals surface area contributed by atoms with Gasteiger partial charge in [0.2, 0.25) is 11.8 Å². The molecular formula is C18H26N2O3. The largest absolute Gasteiger partial charge is 0.388 e. The molecule has 4 N–H and O–H groups in total. The normalized spacial score (nSPS) is 16.7. The number of rotatable bonds is 8. The van der Waals surface area contributed by atoms with Crippen LogP contribution in [0.5, 0.6) is 0 Å². The molecule has 0 saturated carbocycles. The number of fused-ring (bicyclic) bond motifs is 1. The van der Waals surface area contributed by atoms with E-state index in [1.165, 1.54) is 0 Å². The predicted octanol–water partition coefficient (Wildman–Crippen LogP) is 2.82. The monoisotopic (exact) mass is 318 g/mol. The summed E-state index contributed by atoms with van der Waals surface area (Å²) in [6, 6.07) is 5.75. The number of carbonyl (C=O) groups excluding carboxylic acids is 2. The maximum absolute atomic E-state index is 12.0. The molecule has 0 heterocycles. The highest BCUT2D eigenvalue weighted by Crippen LogP contribution is 2.31. The first-order valence-electron chi connectivity index (χ1n) is 8.45. The molecule has 0 aromatic heterocycles. The average Bonchev–Trinajstić information content (AvgIpc) is 2.50.